The van der Waals surface area contributed by atoms with E-state index in [1.807, 2.05) is 0 Å². The van der Waals surface area contributed by atoms with Gasteiger partial charge in [0.2, 0.25) is 0 Å². The summed E-state index contributed by atoms with van der Waals surface area (Å²) in [5.41, 5.74) is 3.73. The van der Waals surface area contributed by atoms with Crippen molar-refractivity contribution in [2.45, 2.75) is 0 Å². The number of hydrogen-bond donors (Lipinski definition) is 3. The van der Waals surface area contributed by atoms with Crippen molar-refractivity contribution in [1.82, 2.24) is 4.98 Å². The number of carbonyl (C=O) groups is 1. The van der Waals surface area contributed by atoms with E-state index in [9.17, 15) is 22.4 Å². The van der Waals surface area contributed by atoms with E-state index in [1.165, 1.54) is 12.4 Å². The van der Waals surface area contributed by atoms with Gasteiger partial charge in [0.05, 0.1) is 34.3 Å². The van der Waals surface area contributed by atoms with Crippen LogP contribution in [-0.2, 0) is 0 Å². The summed E-state index contributed by atoms with van der Waals surface area (Å²) in [6.45, 7) is 0.744. The zero-order valence-electron chi connectivity index (χ0n) is 15.0. The molecule has 3 aromatic rings. The van der Waals surface area contributed by atoms with Crippen LogP contribution in [0.25, 0.3) is 11.1 Å². The predicted molar refractivity (Wildman–Crippen MR) is 101 cm³/mol. The second-order valence-corrected chi connectivity index (χ2v) is 5.97. The van der Waals surface area contributed by atoms with Gasteiger partial charge in [-0.3, -0.25) is 9.78 Å². The molecule has 150 valence electrons. The van der Waals surface area contributed by atoms with E-state index in [4.69, 9.17) is 5.73 Å². The average Bonchev–Trinajstić information content (AvgIpc) is 2.69. The van der Waals surface area contributed by atoms with E-state index >= 15 is 0 Å². The highest BCUT2D eigenvalue weighted by Crippen LogP contribution is 2.33. The van der Waals surface area contributed by atoms with Crippen molar-refractivity contribution in [3.05, 3.63) is 77.6 Å². The number of halogens is 4. The van der Waals surface area contributed by atoms with Crippen molar-refractivity contribution >= 4 is 17.3 Å². The number of pyridine rings is 1. The molecule has 0 radical (unpaired) electrons. The van der Waals surface area contributed by atoms with Crippen molar-refractivity contribution in [2.24, 2.45) is 5.73 Å². The Bertz CT molecular complexity index is 1040. The Labute approximate surface area is 163 Å². The lowest BCUT2D eigenvalue weighted by Crippen LogP contribution is -2.18. The number of benzene rings is 2. The van der Waals surface area contributed by atoms with Crippen LogP contribution in [0.5, 0.6) is 0 Å². The zero-order chi connectivity index (χ0) is 21.0. The number of anilines is 2. The highest BCUT2D eigenvalue weighted by atomic mass is 19.1. The third-order valence-corrected chi connectivity index (χ3v) is 4.08. The topological polar surface area (TPSA) is 80.0 Å². The second-order valence-electron chi connectivity index (χ2n) is 5.97. The maximum Gasteiger partial charge on any atom is 0.258 e. The molecule has 29 heavy (non-hydrogen) atoms. The molecule has 3 rings (SSSR count). The molecule has 1 amide bonds. The largest absolute Gasteiger partial charge is 0.382 e. The van der Waals surface area contributed by atoms with Crippen LogP contribution in [0.15, 0.2) is 48.8 Å². The van der Waals surface area contributed by atoms with Gasteiger partial charge in [0.25, 0.3) is 5.91 Å². The molecule has 0 saturated carbocycles. The molecule has 0 unspecified atom stereocenters. The first-order valence-corrected chi connectivity index (χ1v) is 8.55. The second kappa shape index (κ2) is 8.70. The normalized spacial score (nSPS) is 10.7. The van der Waals surface area contributed by atoms with E-state index < -0.39 is 45.9 Å². The molecule has 0 atom stereocenters. The lowest BCUT2D eigenvalue weighted by molar-refractivity contribution is 0.102. The first kappa shape index (κ1) is 20.3. The Balaban J connectivity index is 2.00. The summed E-state index contributed by atoms with van der Waals surface area (Å²) in [5, 5.41) is 5.41. The monoisotopic (exact) mass is 404 g/mol. The van der Waals surface area contributed by atoms with Gasteiger partial charge < -0.3 is 16.4 Å². The first-order chi connectivity index (χ1) is 13.9. The summed E-state index contributed by atoms with van der Waals surface area (Å²) in [6, 6.07) is 6.05. The Morgan fingerprint density at radius 3 is 2.31 bits per heavy atom. The third kappa shape index (κ3) is 4.19. The molecule has 0 aliphatic rings. The molecule has 1 aromatic heterocycles. The van der Waals surface area contributed by atoms with Crippen molar-refractivity contribution < 1.29 is 22.4 Å². The van der Waals surface area contributed by atoms with Crippen molar-refractivity contribution in [3.8, 4) is 11.1 Å². The highest BCUT2D eigenvalue weighted by molar-refractivity contribution is 6.06. The van der Waals surface area contributed by atoms with Crippen LogP contribution in [0.3, 0.4) is 0 Å². The number of aromatic nitrogens is 1. The van der Waals surface area contributed by atoms with E-state index in [0.717, 1.165) is 30.3 Å². The minimum Gasteiger partial charge on any atom is -0.382 e. The van der Waals surface area contributed by atoms with Crippen molar-refractivity contribution in [1.29, 1.82) is 0 Å². The number of amides is 1. The number of rotatable bonds is 6. The maximum atomic E-state index is 15.0. The fraction of sp³-hybridized carbons (Fsp3) is 0.100. The molecular weight excluding hydrogens is 388 g/mol. The van der Waals surface area contributed by atoms with Crippen LogP contribution in [0, 0.1) is 23.3 Å². The van der Waals surface area contributed by atoms with Gasteiger partial charge in [-0.25, -0.2) is 17.6 Å². The van der Waals surface area contributed by atoms with Crippen LogP contribution in [0.1, 0.15) is 10.4 Å². The highest BCUT2D eigenvalue weighted by Gasteiger charge is 2.24. The van der Waals surface area contributed by atoms with Crippen molar-refractivity contribution in [2.75, 3.05) is 23.7 Å². The molecule has 0 spiro atoms. The molecule has 1 heterocycles. The van der Waals surface area contributed by atoms with Crippen molar-refractivity contribution in [3.63, 3.8) is 0 Å². The van der Waals surface area contributed by atoms with Gasteiger partial charge in [0, 0.05) is 19.3 Å². The molecule has 0 bridgehead atoms. The third-order valence-electron chi connectivity index (χ3n) is 4.08. The Morgan fingerprint density at radius 1 is 0.931 bits per heavy atom. The van der Waals surface area contributed by atoms with E-state index in [-0.39, 0.29) is 5.69 Å². The molecular formula is C20H16F4N4O. The van der Waals surface area contributed by atoms with Crippen LogP contribution in [-0.4, -0.2) is 24.0 Å². The SMILES string of the molecule is NCCNc1ccncc1NC(=O)c1ccc(F)c(-c2c(F)cccc2F)c1F. The Kier molecular flexibility index (Phi) is 6.08. The molecule has 5 nitrogen and oxygen atoms in total. The van der Waals surface area contributed by atoms with Gasteiger partial charge in [-0.05, 0) is 30.3 Å². The summed E-state index contributed by atoms with van der Waals surface area (Å²) in [4.78, 5) is 16.5. The fourth-order valence-electron chi connectivity index (χ4n) is 2.74. The number of carbonyl (C=O) groups excluding carboxylic acids is 1. The van der Waals surface area contributed by atoms with Crippen LogP contribution >= 0.6 is 0 Å². The molecule has 0 fully saturated rings. The van der Waals surface area contributed by atoms with E-state index in [1.54, 1.807) is 6.07 Å². The zero-order valence-corrected chi connectivity index (χ0v) is 15.0. The van der Waals surface area contributed by atoms with Gasteiger partial charge in [-0.1, -0.05) is 6.07 Å². The van der Waals surface area contributed by atoms with Gasteiger partial charge >= 0.3 is 0 Å². The van der Waals surface area contributed by atoms with Gasteiger partial charge in [0.1, 0.15) is 23.3 Å². The summed E-state index contributed by atoms with van der Waals surface area (Å²) < 4.78 is 57.3. The lowest BCUT2D eigenvalue weighted by Gasteiger charge is -2.14. The van der Waals surface area contributed by atoms with Crippen LogP contribution in [0.2, 0.25) is 0 Å². The molecule has 9 heteroatoms. The van der Waals surface area contributed by atoms with Gasteiger partial charge in [-0.15, -0.1) is 0 Å². The number of nitrogens with one attached hydrogen (secondary N) is 2. The Hall–Kier alpha value is -3.46. The number of hydrogen-bond acceptors (Lipinski definition) is 4. The minimum absolute atomic E-state index is 0.230. The molecule has 0 aliphatic heterocycles. The minimum atomic E-state index is -1.38. The standard InChI is InChI=1S/C20H16F4N4O/c21-12-2-1-3-13(22)17(12)18-14(23)5-4-11(19(18)24)20(29)28-16-10-26-8-6-15(16)27-9-7-25/h1-6,8,10H,7,9,25H2,(H,26,27)(H,28,29). The summed E-state index contributed by atoms with van der Waals surface area (Å²) in [7, 11) is 0. The van der Waals surface area contributed by atoms with Gasteiger partial charge in [-0.2, -0.15) is 0 Å². The van der Waals surface area contributed by atoms with Crippen LogP contribution < -0.4 is 16.4 Å². The summed E-state index contributed by atoms with van der Waals surface area (Å²) in [5.74, 6) is -5.83. The summed E-state index contributed by atoms with van der Waals surface area (Å²) >= 11 is 0. The predicted octanol–water partition coefficient (Wildman–Crippen LogP) is 3.93. The summed E-state index contributed by atoms with van der Waals surface area (Å²) in [6.07, 6.45) is 2.81. The maximum absolute atomic E-state index is 15.0. The quantitative estimate of drug-likeness (QED) is 0.544. The van der Waals surface area contributed by atoms with Crippen LogP contribution in [0.4, 0.5) is 28.9 Å². The molecule has 0 saturated heterocycles. The lowest BCUT2D eigenvalue weighted by atomic mass is 9.99. The Morgan fingerprint density at radius 2 is 1.62 bits per heavy atom. The molecule has 2 aromatic carbocycles. The first-order valence-electron chi connectivity index (χ1n) is 8.55. The average molecular weight is 404 g/mol. The smallest absolute Gasteiger partial charge is 0.258 e. The van der Waals surface area contributed by atoms with E-state index in [2.05, 4.69) is 15.6 Å². The number of nitrogens with zero attached hydrogens (tertiary/aromatic N) is 1. The molecule has 0 aliphatic carbocycles. The molecule has 4 N–H and O–H groups in total. The number of nitrogens with two attached hydrogens (primary N) is 1. The van der Waals surface area contributed by atoms with E-state index in [0.29, 0.717) is 18.8 Å². The fourth-order valence-corrected chi connectivity index (χ4v) is 2.74. The van der Waals surface area contributed by atoms with Gasteiger partial charge in [0.15, 0.2) is 0 Å².